The van der Waals surface area contributed by atoms with Crippen molar-refractivity contribution in [3.8, 4) is 0 Å². The Kier molecular flexibility index (Phi) is 4.88. The number of rotatable bonds is 5. The van der Waals surface area contributed by atoms with Gasteiger partial charge in [0.05, 0.1) is 6.10 Å². The molecule has 0 bridgehead atoms. The van der Waals surface area contributed by atoms with Crippen LogP contribution in [0.5, 0.6) is 0 Å². The average molecular weight is 276 g/mol. The van der Waals surface area contributed by atoms with E-state index >= 15 is 0 Å². The van der Waals surface area contributed by atoms with E-state index in [1.54, 1.807) is 0 Å². The monoisotopic (exact) mass is 276 g/mol. The summed E-state index contributed by atoms with van der Waals surface area (Å²) >= 11 is 0. The van der Waals surface area contributed by atoms with Gasteiger partial charge in [0.25, 0.3) is 0 Å². The molecule has 0 radical (unpaired) electrons. The lowest BCUT2D eigenvalue weighted by molar-refractivity contribution is -0.105. The Labute approximate surface area is 117 Å². The minimum absolute atomic E-state index is 0.100. The van der Waals surface area contributed by atoms with E-state index in [9.17, 15) is 4.79 Å². The first-order valence-corrected chi connectivity index (χ1v) is 9.46. The van der Waals surface area contributed by atoms with E-state index in [1.165, 1.54) is 0 Å². The fraction of sp³-hybridized carbons (Fsp3) is 0.438. The average Bonchev–Trinajstić information content (AvgIpc) is 2.35. The Morgan fingerprint density at radius 2 is 1.79 bits per heavy atom. The molecule has 1 unspecified atom stereocenters. The van der Waals surface area contributed by atoms with Crippen molar-refractivity contribution in [2.24, 2.45) is 0 Å². The summed E-state index contributed by atoms with van der Waals surface area (Å²) < 4.78 is 6.35. The van der Waals surface area contributed by atoms with Crippen molar-refractivity contribution in [2.45, 2.75) is 45.0 Å². The predicted octanol–water partition coefficient (Wildman–Crippen LogP) is 4.50. The Hall–Kier alpha value is -1.19. The topological polar surface area (TPSA) is 26.3 Å². The van der Waals surface area contributed by atoms with Crippen molar-refractivity contribution in [1.82, 2.24) is 0 Å². The van der Waals surface area contributed by atoms with Gasteiger partial charge in [0, 0.05) is 5.57 Å². The number of aldehydes is 1. The van der Waals surface area contributed by atoms with Gasteiger partial charge < -0.3 is 4.43 Å². The Balaban J connectivity index is 3.08. The third-order valence-corrected chi connectivity index (χ3v) is 8.25. The van der Waals surface area contributed by atoms with Crippen LogP contribution in [0, 0.1) is 0 Å². The van der Waals surface area contributed by atoms with Gasteiger partial charge in [-0.3, -0.25) is 4.79 Å². The molecule has 1 aromatic carbocycles. The van der Waals surface area contributed by atoms with Crippen LogP contribution in [0.1, 0.15) is 32.4 Å². The number of carbonyl (C=O) groups excluding carboxylic acids is 1. The van der Waals surface area contributed by atoms with Crippen LogP contribution in [0.4, 0.5) is 0 Å². The van der Waals surface area contributed by atoms with Crippen LogP contribution in [-0.2, 0) is 9.22 Å². The zero-order chi connectivity index (χ0) is 14.7. The summed E-state index contributed by atoms with van der Waals surface area (Å²) in [5, 5.41) is 0.100. The molecule has 0 spiro atoms. The lowest BCUT2D eigenvalue weighted by Crippen LogP contribution is -2.42. The van der Waals surface area contributed by atoms with Gasteiger partial charge in [-0.1, -0.05) is 57.7 Å². The fourth-order valence-electron chi connectivity index (χ4n) is 1.52. The summed E-state index contributed by atoms with van der Waals surface area (Å²) in [5.74, 6) is 0. The molecule has 0 aliphatic heterocycles. The van der Waals surface area contributed by atoms with Crippen LogP contribution in [0.2, 0.25) is 18.1 Å². The molecule has 0 aromatic heterocycles. The maximum absolute atomic E-state index is 11.1. The Morgan fingerprint density at radius 1 is 1.26 bits per heavy atom. The zero-order valence-electron chi connectivity index (χ0n) is 12.6. The fourth-order valence-corrected chi connectivity index (χ4v) is 2.75. The Bertz CT molecular complexity index is 444. The van der Waals surface area contributed by atoms with Crippen molar-refractivity contribution in [1.29, 1.82) is 0 Å². The second kappa shape index (κ2) is 5.84. The molecule has 0 amide bonds. The van der Waals surface area contributed by atoms with E-state index < -0.39 is 8.32 Å². The van der Waals surface area contributed by atoms with E-state index in [0.717, 1.165) is 11.8 Å². The second-order valence-electron chi connectivity index (χ2n) is 6.36. The van der Waals surface area contributed by atoms with Gasteiger partial charge in [-0.15, -0.1) is 0 Å². The quantitative estimate of drug-likeness (QED) is 0.449. The van der Waals surface area contributed by atoms with Crippen LogP contribution in [0.3, 0.4) is 0 Å². The highest BCUT2D eigenvalue weighted by atomic mass is 28.4. The standard InChI is InChI=1S/C16H24O2Si/c1-13(12-17)15(14-10-8-7-9-11-14)18-19(5,6)16(2,3)4/h7-12,15H,1H2,2-6H3. The van der Waals surface area contributed by atoms with E-state index in [0.29, 0.717) is 5.57 Å². The van der Waals surface area contributed by atoms with Gasteiger partial charge in [-0.05, 0) is 23.7 Å². The van der Waals surface area contributed by atoms with Crippen molar-refractivity contribution in [2.75, 3.05) is 0 Å². The maximum atomic E-state index is 11.1. The second-order valence-corrected chi connectivity index (χ2v) is 11.1. The summed E-state index contributed by atoms with van der Waals surface area (Å²) in [5.41, 5.74) is 1.47. The predicted molar refractivity (Wildman–Crippen MR) is 82.7 cm³/mol. The van der Waals surface area contributed by atoms with Crippen LogP contribution >= 0.6 is 0 Å². The summed E-state index contributed by atoms with van der Waals surface area (Å²) in [4.78, 5) is 11.1. The minimum Gasteiger partial charge on any atom is -0.406 e. The van der Waals surface area contributed by atoms with Gasteiger partial charge in [0.2, 0.25) is 0 Å². The molecule has 3 heteroatoms. The molecule has 0 saturated carbocycles. The summed E-state index contributed by atoms with van der Waals surface area (Å²) in [6.07, 6.45) is 0.463. The van der Waals surface area contributed by atoms with Gasteiger partial charge in [0.1, 0.15) is 6.29 Å². The zero-order valence-corrected chi connectivity index (χ0v) is 13.6. The van der Waals surface area contributed by atoms with E-state index in [-0.39, 0.29) is 11.1 Å². The molecule has 1 aromatic rings. The smallest absolute Gasteiger partial charge is 0.193 e. The third kappa shape index (κ3) is 3.88. The van der Waals surface area contributed by atoms with Crippen molar-refractivity contribution in [3.05, 3.63) is 48.0 Å². The molecule has 1 atom stereocenters. The van der Waals surface area contributed by atoms with Gasteiger partial charge >= 0.3 is 0 Å². The highest BCUT2D eigenvalue weighted by Crippen LogP contribution is 2.40. The molecule has 0 aliphatic carbocycles. The summed E-state index contributed by atoms with van der Waals surface area (Å²) in [6.45, 7) is 14.8. The third-order valence-electron chi connectivity index (χ3n) is 3.81. The number of benzene rings is 1. The van der Waals surface area contributed by atoms with Gasteiger partial charge in [-0.25, -0.2) is 0 Å². The minimum atomic E-state index is -1.95. The summed E-state index contributed by atoms with van der Waals surface area (Å²) in [7, 11) is -1.95. The first-order valence-electron chi connectivity index (χ1n) is 6.56. The highest BCUT2D eigenvalue weighted by Gasteiger charge is 2.39. The molecule has 104 valence electrons. The molecule has 0 aliphatic rings. The van der Waals surface area contributed by atoms with Crippen molar-refractivity contribution in [3.63, 3.8) is 0 Å². The number of hydrogen-bond donors (Lipinski definition) is 0. The Morgan fingerprint density at radius 3 is 2.21 bits per heavy atom. The first-order chi connectivity index (χ1) is 8.69. The normalized spacial score (nSPS) is 13.9. The first kappa shape index (κ1) is 15.9. The van der Waals surface area contributed by atoms with E-state index in [2.05, 4.69) is 40.4 Å². The van der Waals surface area contributed by atoms with Crippen molar-refractivity contribution < 1.29 is 9.22 Å². The maximum Gasteiger partial charge on any atom is 0.193 e. The molecule has 0 fully saturated rings. The largest absolute Gasteiger partial charge is 0.406 e. The number of carbonyl (C=O) groups is 1. The molecular weight excluding hydrogens is 252 g/mol. The molecule has 0 saturated heterocycles. The molecule has 2 nitrogen and oxygen atoms in total. The van der Waals surface area contributed by atoms with Gasteiger partial charge in [0.15, 0.2) is 8.32 Å². The lowest BCUT2D eigenvalue weighted by Gasteiger charge is -2.39. The van der Waals surface area contributed by atoms with Crippen LogP contribution in [0.25, 0.3) is 0 Å². The molecule has 1 rings (SSSR count). The SMILES string of the molecule is C=C(C=O)C(O[Si](C)(C)C(C)(C)C)c1ccccc1. The van der Waals surface area contributed by atoms with E-state index in [4.69, 9.17) is 4.43 Å². The van der Waals surface area contributed by atoms with Crippen LogP contribution in [-0.4, -0.2) is 14.6 Å². The molecule has 0 heterocycles. The lowest BCUT2D eigenvalue weighted by atomic mass is 10.0. The molecule has 19 heavy (non-hydrogen) atoms. The van der Waals surface area contributed by atoms with Crippen LogP contribution in [0.15, 0.2) is 42.5 Å². The van der Waals surface area contributed by atoms with E-state index in [1.807, 2.05) is 30.3 Å². The van der Waals surface area contributed by atoms with Crippen molar-refractivity contribution >= 4 is 14.6 Å². The highest BCUT2D eigenvalue weighted by molar-refractivity contribution is 6.74. The van der Waals surface area contributed by atoms with Crippen LogP contribution < -0.4 is 0 Å². The number of hydrogen-bond acceptors (Lipinski definition) is 2. The molecular formula is C16H24O2Si. The molecule has 0 N–H and O–H groups in total. The summed E-state index contributed by atoms with van der Waals surface area (Å²) in [6, 6.07) is 9.82. The van der Waals surface area contributed by atoms with Gasteiger partial charge in [-0.2, -0.15) is 0 Å².